The zero-order valence-electron chi connectivity index (χ0n) is 11.0. The van der Waals surface area contributed by atoms with Gasteiger partial charge in [0.2, 0.25) is 5.89 Å². The first-order valence-corrected chi connectivity index (χ1v) is 7.88. The number of hydrogen-bond donors (Lipinski definition) is 0. The molecule has 0 N–H and O–H groups in total. The van der Waals surface area contributed by atoms with Crippen LogP contribution in [0.1, 0.15) is 0 Å². The van der Waals surface area contributed by atoms with Crippen LogP contribution in [0.5, 0.6) is 0 Å². The van der Waals surface area contributed by atoms with Crippen LogP contribution in [-0.2, 0) is 16.7 Å². The van der Waals surface area contributed by atoms with Crippen LogP contribution >= 0.6 is 0 Å². The molecule has 0 aliphatic rings. The molecule has 0 aliphatic carbocycles. The maximum Gasteiger partial charge on any atom is 0.227 e. The van der Waals surface area contributed by atoms with Crippen molar-refractivity contribution in [1.29, 1.82) is 0 Å². The zero-order valence-corrected chi connectivity index (χ0v) is 11.8. The van der Waals surface area contributed by atoms with E-state index in [1.165, 1.54) is 0 Å². The Morgan fingerprint density at radius 1 is 1.14 bits per heavy atom. The van der Waals surface area contributed by atoms with E-state index in [9.17, 15) is 13.0 Å². The van der Waals surface area contributed by atoms with Crippen LogP contribution in [-0.4, -0.2) is 23.7 Å². The first kappa shape index (κ1) is 13.7. The molecular weight excluding hydrogens is 292 g/mol. The second kappa shape index (κ2) is 5.27. The molecule has 0 amide bonds. The third-order valence-electron chi connectivity index (χ3n) is 3.03. The summed E-state index contributed by atoms with van der Waals surface area (Å²) in [6.45, 7) is 0.125. The van der Waals surface area contributed by atoms with Gasteiger partial charge in [-0.15, -0.1) is 0 Å². The van der Waals surface area contributed by atoms with Crippen LogP contribution < -0.4 is 4.57 Å². The summed E-state index contributed by atoms with van der Waals surface area (Å²) in [5, 5.41) is 0. The van der Waals surface area contributed by atoms with Gasteiger partial charge in [0.25, 0.3) is 0 Å². The van der Waals surface area contributed by atoms with E-state index >= 15 is 0 Å². The van der Waals surface area contributed by atoms with Gasteiger partial charge in [0, 0.05) is 17.7 Å². The third kappa shape index (κ3) is 3.26. The lowest BCUT2D eigenvalue weighted by atomic mass is 10.2. The Balaban J connectivity index is 1.83. The lowest BCUT2D eigenvalue weighted by molar-refractivity contribution is -0.692. The van der Waals surface area contributed by atoms with Crippen LogP contribution in [0.2, 0.25) is 0 Å². The monoisotopic (exact) mass is 304 g/mol. The molecule has 108 valence electrons. The summed E-state index contributed by atoms with van der Waals surface area (Å²) in [5.41, 5.74) is 2.27. The second-order valence-electron chi connectivity index (χ2n) is 4.57. The van der Waals surface area contributed by atoms with E-state index in [4.69, 9.17) is 4.42 Å². The number of fused-ring (bicyclic) bond motifs is 1. The minimum atomic E-state index is -4.20. The molecule has 0 atom stereocenters. The molecule has 0 unspecified atom stereocenters. The zero-order chi connectivity index (χ0) is 14.9. The van der Waals surface area contributed by atoms with Gasteiger partial charge >= 0.3 is 0 Å². The standard InChI is InChI=1S/C14H12N2O4S/c17-21(18,19)10-9-16-7-5-11(6-8-16)14-15-12-3-1-2-4-13(12)20-14/h1-8H,9-10H2. The van der Waals surface area contributed by atoms with E-state index in [2.05, 4.69) is 4.98 Å². The molecule has 2 heterocycles. The van der Waals surface area contributed by atoms with Gasteiger partial charge in [-0.3, -0.25) is 0 Å². The summed E-state index contributed by atoms with van der Waals surface area (Å²) >= 11 is 0. The topological polar surface area (TPSA) is 87.1 Å². The molecule has 1 aromatic carbocycles. The number of aromatic nitrogens is 2. The SMILES string of the molecule is O=S(=O)([O-])CC[n+]1ccc(-c2nc3ccccc3o2)cc1. The molecule has 2 aromatic heterocycles. The van der Waals surface area contributed by atoms with E-state index in [1.54, 1.807) is 29.1 Å². The van der Waals surface area contributed by atoms with Crippen molar-refractivity contribution in [2.75, 3.05) is 5.75 Å². The normalized spacial score (nSPS) is 11.9. The van der Waals surface area contributed by atoms with E-state index in [0.717, 1.165) is 11.1 Å². The van der Waals surface area contributed by atoms with Crippen LogP contribution in [0, 0.1) is 0 Å². The van der Waals surface area contributed by atoms with Crippen LogP contribution in [0.15, 0.2) is 53.2 Å². The average molecular weight is 304 g/mol. The highest BCUT2D eigenvalue weighted by Gasteiger charge is 2.10. The predicted octanol–water partition coefficient (Wildman–Crippen LogP) is 1.33. The van der Waals surface area contributed by atoms with Crippen LogP contribution in [0.4, 0.5) is 0 Å². The number of nitrogens with zero attached hydrogens (tertiary/aromatic N) is 2. The van der Waals surface area contributed by atoms with E-state index in [1.807, 2.05) is 24.3 Å². The molecule has 0 bridgehead atoms. The number of benzene rings is 1. The van der Waals surface area contributed by atoms with Crippen molar-refractivity contribution in [1.82, 2.24) is 4.98 Å². The van der Waals surface area contributed by atoms with Crippen molar-refractivity contribution in [3.8, 4) is 11.5 Å². The van der Waals surface area contributed by atoms with Gasteiger partial charge in [-0.1, -0.05) is 12.1 Å². The molecule has 3 aromatic rings. The third-order valence-corrected chi connectivity index (χ3v) is 3.71. The summed E-state index contributed by atoms with van der Waals surface area (Å²) < 4.78 is 39.1. The van der Waals surface area contributed by atoms with E-state index < -0.39 is 15.9 Å². The highest BCUT2D eigenvalue weighted by atomic mass is 32.2. The summed E-state index contributed by atoms with van der Waals surface area (Å²) in [4.78, 5) is 4.38. The van der Waals surface area contributed by atoms with Gasteiger partial charge in [-0.05, 0) is 12.1 Å². The molecule has 6 nitrogen and oxygen atoms in total. The van der Waals surface area contributed by atoms with Crippen molar-refractivity contribution in [3.05, 3.63) is 48.8 Å². The summed E-state index contributed by atoms with van der Waals surface area (Å²) in [6.07, 6.45) is 3.38. The highest BCUT2D eigenvalue weighted by Crippen LogP contribution is 2.22. The molecule has 0 saturated carbocycles. The largest absolute Gasteiger partial charge is 0.748 e. The van der Waals surface area contributed by atoms with Gasteiger partial charge in [0.1, 0.15) is 15.6 Å². The molecule has 21 heavy (non-hydrogen) atoms. The predicted molar refractivity (Wildman–Crippen MR) is 74.2 cm³/mol. The summed E-state index contributed by atoms with van der Waals surface area (Å²) in [5.74, 6) is 0.0692. The fourth-order valence-electron chi connectivity index (χ4n) is 1.96. The Kier molecular flexibility index (Phi) is 3.44. The molecule has 0 fully saturated rings. The summed E-state index contributed by atoms with van der Waals surface area (Å²) in [7, 11) is -4.20. The Hall–Kier alpha value is -2.25. The van der Waals surface area contributed by atoms with Gasteiger partial charge in [0.05, 0.1) is 5.75 Å². The molecule has 7 heteroatoms. The Labute approximate surface area is 121 Å². The highest BCUT2D eigenvalue weighted by molar-refractivity contribution is 7.85. The number of pyridine rings is 1. The average Bonchev–Trinajstić information content (AvgIpc) is 2.89. The lowest BCUT2D eigenvalue weighted by Gasteiger charge is -2.03. The minimum absolute atomic E-state index is 0.125. The number of rotatable bonds is 4. The maximum atomic E-state index is 10.6. The Morgan fingerprint density at radius 3 is 2.52 bits per heavy atom. The van der Waals surface area contributed by atoms with Crippen molar-refractivity contribution in [3.63, 3.8) is 0 Å². The number of aryl methyl sites for hydroxylation is 1. The van der Waals surface area contributed by atoms with Crippen molar-refractivity contribution < 1.29 is 22.0 Å². The fraction of sp³-hybridized carbons (Fsp3) is 0.143. The van der Waals surface area contributed by atoms with Crippen LogP contribution in [0.3, 0.4) is 0 Å². The number of hydrogen-bond acceptors (Lipinski definition) is 5. The molecule has 0 radical (unpaired) electrons. The van der Waals surface area contributed by atoms with E-state index in [0.29, 0.717) is 11.5 Å². The Bertz CT molecular complexity index is 836. The number of para-hydroxylation sites is 2. The fourth-order valence-corrected chi connectivity index (χ4v) is 2.40. The first-order chi connectivity index (χ1) is 10.0. The minimum Gasteiger partial charge on any atom is -0.748 e. The molecule has 0 aliphatic heterocycles. The maximum absolute atomic E-state index is 10.6. The molecule has 0 spiro atoms. The second-order valence-corrected chi connectivity index (χ2v) is 6.10. The quantitative estimate of drug-likeness (QED) is 0.536. The van der Waals surface area contributed by atoms with Crippen molar-refractivity contribution in [2.24, 2.45) is 0 Å². The van der Waals surface area contributed by atoms with Crippen LogP contribution in [0.25, 0.3) is 22.6 Å². The molecule has 0 saturated heterocycles. The molecule has 3 rings (SSSR count). The first-order valence-electron chi connectivity index (χ1n) is 6.30. The van der Waals surface area contributed by atoms with Gasteiger partial charge in [-0.25, -0.2) is 18.0 Å². The van der Waals surface area contributed by atoms with Gasteiger partial charge < -0.3 is 8.97 Å². The van der Waals surface area contributed by atoms with Gasteiger partial charge in [-0.2, -0.15) is 0 Å². The Morgan fingerprint density at radius 2 is 1.86 bits per heavy atom. The summed E-state index contributed by atoms with van der Waals surface area (Å²) in [6, 6.07) is 11.0. The van der Waals surface area contributed by atoms with Crippen molar-refractivity contribution in [2.45, 2.75) is 6.54 Å². The van der Waals surface area contributed by atoms with Gasteiger partial charge in [0.15, 0.2) is 24.5 Å². The lowest BCUT2D eigenvalue weighted by Crippen LogP contribution is -2.36. The molecular formula is C14H12N2O4S. The smallest absolute Gasteiger partial charge is 0.227 e. The number of oxazole rings is 1. The van der Waals surface area contributed by atoms with E-state index in [-0.39, 0.29) is 6.54 Å². The van der Waals surface area contributed by atoms with Crippen molar-refractivity contribution >= 4 is 21.2 Å².